The molecule has 1 aromatic carbocycles. The van der Waals surface area contributed by atoms with E-state index in [2.05, 4.69) is 35.1 Å². The maximum atomic E-state index is 13.1. The summed E-state index contributed by atoms with van der Waals surface area (Å²) in [4.78, 5) is 0. The molecule has 0 aliphatic carbocycles. The van der Waals surface area contributed by atoms with Crippen LogP contribution in [0, 0.1) is 11.7 Å². The lowest BCUT2D eigenvalue weighted by Crippen LogP contribution is -2.38. The van der Waals surface area contributed by atoms with E-state index in [1.807, 2.05) is 29.1 Å². The second kappa shape index (κ2) is 7.21. The summed E-state index contributed by atoms with van der Waals surface area (Å²) in [5.74, 6) is 0.212. The Morgan fingerprint density at radius 3 is 2.83 bits per heavy atom. The van der Waals surface area contributed by atoms with E-state index in [-0.39, 0.29) is 17.9 Å². The van der Waals surface area contributed by atoms with Gasteiger partial charge in [0.25, 0.3) is 0 Å². The smallest absolute Gasteiger partial charge is 0.123 e. The number of benzene rings is 1. The maximum Gasteiger partial charge on any atom is 0.123 e. The molecule has 0 radical (unpaired) electrons. The Balaban J connectivity index is 1.57. The van der Waals surface area contributed by atoms with E-state index in [4.69, 9.17) is 0 Å². The third kappa shape index (κ3) is 3.77. The molecule has 3 rings (SSSR count). The van der Waals surface area contributed by atoms with Gasteiger partial charge in [-0.15, -0.1) is 0 Å². The van der Waals surface area contributed by atoms with E-state index in [0.29, 0.717) is 12.0 Å². The fraction of sp³-hybridized carbons (Fsp3) is 0.471. The molecular weight excluding hydrogens is 293 g/mol. The lowest BCUT2D eigenvalue weighted by atomic mass is 9.94. The van der Waals surface area contributed by atoms with Gasteiger partial charge in [0.1, 0.15) is 5.82 Å². The van der Waals surface area contributed by atoms with Crippen molar-refractivity contribution in [3.63, 3.8) is 0 Å². The van der Waals surface area contributed by atoms with Crippen molar-refractivity contribution in [2.45, 2.75) is 32.0 Å². The van der Waals surface area contributed by atoms with Gasteiger partial charge in [0, 0.05) is 37.4 Å². The van der Waals surface area contributed by atoms with Crippen molar-refractivity contribution in [1.29, 1.82) is 0 Å². The van der Waals surface area contributed by atoms with Crippen LogP contribution >= 0.6 is 0 Å². The van der Waals surface area contributed by atoms with Crippen molar-refractivity contribution in [1.82, 2.24) is 25.9 Å². The normalized spacial score (nSPS) is 23.8. The highest BCUT2D eigenvalue weighted by molar-refractivity contribution is 5.21. The van der Waals surface area contributed by atoms with Crippen molar-refractivity contribution >= 4 is 0 Å². The van der Waals surface area contributed by atoms with Crippen molar-refractivity contribution in [2.75, 3.05) is 13.1 Å². The molecule has 0 spiro atoms. The second-order valence-corrected chi connectivity index (χ2v) is 6.24. The molecule has 1 saturated heterocycles. The van der Waals surface area contributed by atoms with E-state index in [0.717, 1.165) is 18.7 Å². The van der Waals surface area contributed by atoms with Gasteiger partial charge in [-0.3, -0.25) is 10.1 Å². The predicted octanol–water partition coefficient (Wildman–Crippen LogP) is 2.03. The molecule has 1 aliphatic heterocycles. The van der Waals surface area contributed by atoms with Crippen LogP contribution in [0.4, 0.5) is 4.39 Å². The summed E-state index contributed by atoms with van der Waals surface area (Å²) in [6.45, 7) is 6.11. The minimum atomic E-state index is -0.198. The zero-order valence-electron chi connectivity index (χ0n) is 13.5. The first-order valence-electron chi connectivity index (χ1n) is 8.11. The fourth-order valence-corrected chi connectivity index (χ4v) is 3.01. The molecular formula is C17H24FN5. The topological polar surface area (TPSA) is 53.9 Å². The summed E-state index contributed by atoms with van der Waals surface area (Å²) >= 11 is 0. The summed E-state index contributed by atoms with van der Waals surface area (Å²) in [5.41, 5.74) is 7.62. The van der Waals surface area contributed by atoms with E-state index < -0.39 is 0 Å². The van der Waals surface area contributed by atoms with E-state index in [1.165, 1.54) is 12.1 Å². The van der Waals surface area contributed by atoms with Crippen LogP contribution in [0.1, 0.15) is 31.5 Å². The Kier molecular flexibility index (Phi) is 5.05. The van der Waals surface area contributed by atoms with Crippen molar-refractivity contribution in [3.8, 4) is 0 Å². The number of rotatable bonds is 6. The average Bonchev–Trinajstić information content (AvgIpc) is 3.24. The third-order valence-electron chi connectivity index (χ3n) is 4.69. The molecule has 3 N–H and O–H groups in total. The van der Waals surface area contributed by atoms with Crippen LogP contribution in [-0.2, 0) is 0 Å². The second-order valence-electron chi connectivity index (χ2n) is 6.24. The first kappa shape index (κ1) is 16.1. The number of hydrazine groups is 1. The first-order valence-corrected chi connectivity index (χ1v) is 8.11. The molecule has 0 saturated carbocycles. The highest BCUT2D eigenvalue weighted by Crippen LogP contribution is 2.25. The maximum absolute atomic E-state index is 13.1. The third-order valence-corrected chi connectivity index (χ3v) is 4.69. The monoisotopic (exact) mass is 317 g/mol. The molecule has 4 atom stereocenters. The number of nitrogens with one attached hydrogen (secondary N) is 3. The molecule has 2 aromatic rings. The Hall–Kier alpha value is -1.76. The van der Waals surface area contributed by atoms with Gasteiger partial charge in [0.15, 0.2) is 0 Å². The van der Waals surface area contributed by atoms with Crippen LogP contribution < -0.4 is 16.2 Å². The lowest BCUT2D eigenvalue weighted by Gasteiger charge is -2.25. The SMILES string of the molecule is CC(NCC1CNNC1c1ccc(F)cc1)C(C)n1cccn1. The van der Waals surface area contributed by atoms with E-state index in [1.54, 1.807) is 6.20 Å². The van der Waals surface area contributed by atoms with Gasteiger partial charge >= 0.3 is 0 Å². The standard InChI is InChI=1S/C17H24FN5/c1-12(13(2)23-9-3-8-21-23)19-10-15-11-20-22-17(15)14-4-6-16(18)7-5-14/h3-9,12-13,15,17,19-20,22H,10-11H2,1-2H3. The van der Waals surface area contributed by atoms with Crippen LogP contribution in [-0.4, -0.2) is 28.9 Å². The molecule has 124 valence electrons. The molecule has 1 aliphatic rings. The largest absolute Gasteiger partial charge is 0.312 e. The van der Waals surface area contributed by atoms with Crippen LogP contribution in [0.15, 0.2) is 42.7 Å². The van der Waals surface area contributed by atoms with Gasteiger partial charge in [-0.25, -0.2) is 9.82 Å². The Morgan fingerprint density at radius 2 is 2.13 bits per heavy atom. The van der Waals surface area contributed by atoms with Crippen LogP contribution in [0.3, 0.4) is 0 Å². The molecule has 0 bridgehead atoms. The number of aromatic nitrogens is 2. The first-order chi connectivity index (χ1) is 11.1. The summed E-state index contributed by atoms with van der Waals surface area (Å²) in [6, 6.07) is 9.46. The number of hydrogen-bond donors (Lipinski definition) is 3. The molecule has 1 fully saturated rings. The minimum Gasteiger partial charge on any atom is -0.312 e. The van der Waals surface area contributed by atoms with Crippen LogP contribution in [0.2, 0.25) is 0 Å². The van der Waals surface area contributed by atoms with Crippen LogP contribution in [0.25, 0.3) is 0 Å². The van der Waals surface area contributed by atoms with Crippen molar-refractivity contribution in [3.05, 3.63) is 54.1 Å². The summed E-state index contributed by atoms with van der Waals surface area (Å²) < 4.78 is 15.1. The molecule has 2 heterocycles. The molecule has 0 amide bonds. The van der Waals surface area contributed by atoms with Crippen LogP contribution in [0.5, 0.6) is 0 Å². The number of halogens is 1. The summed E-state index contributed by atoms with van der Waals surface area (Å²) in [7, 11) is 0. The molecule has 1 aromatic heterocycles. The van der Waals surface area contributed by atoms with Gasteiger partial charge in [-0.2, -0.15) is 5.10 Å². The summed E-state index contributed by atoms with van der Waals surface area (Å²) in [5, 5.41) is 7.91. The summed E-state index contributed by atoms with van der Waals surface area (Å²) in [6.07, 6.45) is 3.79. The predicted molar refractivity (Wildman–Crippen MR) is 88.2 cm³/mol. The van der Waals surface area contributed by atoms with E-state index >= 15 is 0 Å². The van der Waals surface area contributed by atoms with Crippen molar-refractivity contribution in [2.24, 2.45) is 5.92 Å². The van der Waals surface area contributed by atoms with Gasteiger partial charge in [-0.05, 0) is 37.6 Å². The Labute approximate surface area is 136 Å². The molecule has 23 heavy (non-hydrogen) atoms. The van der Waals surface area contributed by atoms with Crippen molar-refractivity contribution < 1.29 is 4.39 Å². The Bertz CT molecular complexity index is 598. The van der Waals surface area contributed by atoms with E-state index in [9.17, 15) is 4.39 Å². The fourth-order valence-electron chi connectivity index (χ4n) is 3.01. The quantitative estimate of drug-likeness (QED) is 0.763. The highest BCUT2D eigenvalue weighted by atomic mass is 19.1. The molecule has 4 unspecified atom stereocenters. The van der Waals surface area contributed by atoms with Gasteiger partial charge < -0.3 is 5.32 Å². The number of nitrogens with zero attached hydrogens (tertiary/aromatic N) is 2. The van der Waals surface area contributed by atoms with Gasteiger partial charge in [0.2, 0.25) is 0 Å². The van der Waals surface area contributed by atoms with Gasteiger partial charge in [-0.1, -0.05) is 12.1 Å². The lowest BCUT2D eigenvalue weighted by molar-refractivity contribution is 0.336. The number of hydrogen-bond acceptors (Lipinski definition) is 4. The zero-order chi connectivity index (χ0) is 16.2. The Morgan fingerprint density at radius 1 is 1.35 bits per heavy atom. The molecule has 5 nitrogen and oxygen atoms in total. The average molecular weight is 317 g/mol. The molecule has 6 heteroatoms. The van der Waals surface area contributed by atoms with Gasteiger partial charge in [0.05, 0.1) is 12.1 Å². The zero-order valence-corrected chi connectivity index (χ0v) is 13.5. The minimum absolute atomic E-state index is 0.190. The highest BCUT2D eigenvalue weighted by Gasteiger charge is 2.28.